The van der Waals surface area contributed by atoms with Crippen molar-refractivity contribution >= 4 is 29.2 Å². The first-order chi connectivity index (χ1) is 17.7. The van der Waals surface area contributed by atoms with E-state index in [0.717, 1.165) is 38.3 Å². The van der Waals surface area contributed by atoms with Gasteiger partial charge in [-0.2, -0.15) is 0 Å². The molecule has 0 bridgehead atoms. The van der Waals surface area contributed by atoms with E-state index < -0.39 is 5.54 Å². The number of pyridine rings is 2. The summed E-state index contributed by atoms with van der Waals surface area (Å²) in [5.41, 5.74) is 0.526. The highest BCUT2D eigenvalue weighted by atomic mass is 16.5. The van der Waals surface area contributed by atoms with Crippen molar-refractivity contribution in [2.24, 2.45) is 5.41 Å². The van der Waals surface area contributed by atoms with Crippen LogP contribution in [0.3, 0.4) is 0 Å². The normalized spacial score (nSPS) is 23.2. The molecule has 0 radical (unpaired) electrons. The summed E-state index contributed by atoms with van der Waals surface area (Å²) in [7, 11) is 0. The largest absolute Gasteiger partial charge is 0.394 e. The summed E-state index contributed by atoms with van der Waals surface area (Å²) in [6.45, 7) is 11.2. The van der Waals surface area contributed by atoms with E-state index >= 15 is 0 Å². The van der Waals surface area contributed by atoms with Crippen LogP contribution < -0.4 is 20.4 Å². The molecular formula is C28H40N6O3. The number of carbonyl (C=O) groups is 1. The molecule has 9 heteroatoms. The molecule has 4 heterocycles. The summed E-state index contributed by atoms with van der Waals surface area (Å²) >= 11 is 0. The molecule has 2 aliphatic heterocycles. The number of morpholine rings is 1. The summed E-state index contributed by atoms with van der Waals surface area (Å²) in [4.78, 5) is 27.6. The Balaban J connectivity index is 1.38. The molecule has 0 aromatic carbocycles. The average Bonchev–Trinajstić information content (AvgIpc) is 3.64. The van der Waals surface area contributed by atoms with Gasteiger partial charge in [0.25, 0.3) is 5.91 Å². The molecule has 3 fully saturated rings. The second kappa shape index (κ2) is 10.1. The van der Waals surface area contributed by atoms with Crippen LogP contribution in [-0.2, 0) is 4.74 Å². The molecule has 9 nitrogen and oxygen atoms in total. The maximum atomic E-state index is 13.6. The predicted octanol–water partition coefficient (Wildman–Crippen LogP) is 3.91. The smallest absolute Gasteiger partial charge is 0.260 e. The van der Waals surface area contributed by atoms with Crippen molar-refractivity contribution in [2.75, 3.05) is 53.3 Å². The number of rotatable bonds is 7. The van der Waals surface area contributed by atoms with Gasteiger partial charge in [-0.05, 0) is 83.1 Å². The number of ether oxygens (including phenoxy) is 1. The maximum Gasteiger partial charge on any atom is 0.260 e. The third-order valence-corrected chi connectivity index (χ3v) is 7.94. The Hall–Kier alpha value is -2.91. The summed E-state index contributed by atoms with van der Waals surface area (Å²) in [6, 6.07) is 9.56. The summed E-state index contributed by atoms with van der Waals surface area (Å²) in [6.07, 6.45) is 5.03. The Morgan fingerprint density at radius 3 is 2.57 bits per heavy atom. The summed E-state index contributed by atoms with van der Waals surface area (Å²) in [5.74, 6) is 2.44. The van der Waals surface area contributed by atoms with Gasteiger partial charge in [0.15, 0.2) is 0 Å². The van der Waals surface area contributed by atoms with Gasteiger partial charge in [-0.1, -0.05) is 6.07 Å². The minimum atomic E-state index is -0.521. The highest BCUT2D eigenvalue weighted by molar-refractivity contribution is 6.07. The summed E-state index contributed by atoms with van der Waals surface area (Å²) in [5, 5.41) is 16.0. The molecule has 200 valence electrons. The van der Waals surface area contributed by atoms with Crippen molar-refractivity contribution < 1.29 is 14.6 Å². The van der Waals surface area contributed by atoms with Gasteiger partial charge in [-0.25, -0.2) is 9.97 Å². The van der Waals surface area contributed by atoms with Gasteiger partial charge in [0.1, 0.15) is 23.3 Å². The molecule has 1 amide bonds. The number of piperidine rings is 1. The third-order valence-electron chi connectivity index (χ3n) is 7.94. The zero-order chi connectivity index (χ0) is 26.2. The molecule has 1 saturated carbocycles. The molecule has 0 unspecified atom stereocenters. The Morgan fingerprint density at radius 1 is 1.11 bits per heavy atom. The van der Waals surface area contributed by atoms with Gasteiger partial charge in [0.05, 0.1) is 36.5 Å². The number of hydrogen-bond acceptors (Lipinski definition) is 8. The summed E-state index contributed by atoms with van der Waals surface area (Å²) < 4.78 is 5.76. The molecule has 1 aliphatic carbocycles. The molecule has 2 saturated heterocycles. The van der Waals surface area contributed by atoms with Crippen LogP contribution in [0.4, 0.5) is 23.3 Å². The second-order valence-corrected chi connectivity index (χ2v) is 11.7. The lowest BCUT2D eigenvalue weighted by Crippen LogP contribution is -2.47. The zero-order valence-corrected chi connectivity index (χ0v) is 22.5. The number of hydrogen-bond donors (Lipinski definition) is 3. The van der Waals surface area contributed by atoms with Crippen LogP contribution in [0.5, 0.6) is 0 Å². The number of anilines is 4. The standard InChI is InChI=1S/C28H40N6O3/c1-19-17-37-20(2)16-34(19)24-7-5-6-22(29-24)31-26(36)21-8-9-23(32-27(3,4)18-35)30-25(21)33-14-12-28(10-11-28)13-15-33/h5-9,19-20,35H,10-18H2,1-4H3,(H,30,32)(H,29,31,36)/t19-,20-/m0/s1. The molecule has 1 spiro atoms. The van der Waals surface area contributed by atoms with E-state index in [9.17, 15) is 9.90 Å². The van der Waals surface area contributed by atoms with Gasteiger partial charge in [0, 0.05) is 19.6 Å². The van der Waals surface area contributed by atoms with Gasteiger partial charge < -0.3 is 30.3 Å². The highest BCUT2D eigenvalue weighted by Crippen LogP contribution is 2.54. The fourth-order valence-electron chi connectivity index (χ4n) is 5.25. The van der Waals surface area contributed by atoms with Crippen LogP contribution in [0.2, 0.25) is 0 Å². The number of nitrogens with zero attached hydrogens (tertiary/aromatic N) is 4. The first-order valence-corrected chi connectivity index (χ1v) is 13.5. The van der Waals surface area contributed by atoms with Crippen LogP contribution in [-0.4, -0.2) is 71.5 Å². The van der Waals surface area contributed by atoms with Crippen molar-refractivity contribution in [3.63, 3.8) is 0 Å². The topological polar surface area (TPSA) is 103 Å². The van der Waals surface area contributed by atoms with Crippen LogP contribution in [0.25, 0.3) is 0 Å². The Bertz CT molecular complexity index is 1120. The molecule has 3 aliphatic rings. The molecule has 2 atom stereocenters. The molecule has 2 aromatic heterocycles. The van der Waals surface area contributed by atoms with Crippen LogP contribution in [0.15, 0.2) is 30.3 Å². The third kappa shape index (κ3) is 5.83. The number of aliphatic hydroxyl groups is 1. The van der Waals surface area contributed by atoms with Crippen molar-refractivity contribution in [1.29, 1.82) is 0 Å². The molecule has 5 rings (SSSR count). The van der Waals surface area contributed by atoms with Gasteiger partial charge in [0.2, 0.25) is 0 Å². The predicted molar refractivity (Wildman–Crippen MR) is 147 cm³/mol. The average molecular weight is 509 g/mol. The van der Waals surface area contributed by atoms with E-state index in [0.29, 0.717) is 35.0 Å². The van der Waals surface area contributed by atoms with E-state index in [1.165, 1.54) is 12.8 Å². The molecular weight excluding hydrogens is 468 g/mol. The fourth-order valence-corrected chi connectivity index (χ4v) is 5.25. The molecule has 3 N–H and O–H groups in total. The number of amides is 1. The minimum absolute atomic E-state index is 0.0268. The number of aliphatic hydroxyl groups excluding tert-OH is 1. The number of carbonyl (C=O) groups excluding carboxylic acids is 1. The van der Waals surface area contributed by atoms with Crippen LogP contribution in [0.1, 0.15) is 63.7 Å². The lowest BCUT2D eigenvalue weighted by atomic mass is 9.93. The Morgan fingerprint density at radius 2 is 1.86 bits per heavy atom. The maximum absolute atomic E-state index is 13.6. The van der Waals surface area contributed by atoms with Crippen LogP contribution in [0, 0.1) is 5.41 Å². The van der Waals surface area contributed by atoms with Gasteiger partial charge >= 0.3 is 0 Å². The van der Waals surface area contributed by atoms with E-state index in [1.54, 1.807) is 0 Å². The lowest BCUT2D eigenvalue weighted by molar-refractivity contribution is 0.0340. The van der Waals surface area contributed by atoms with E-state index in [-0.39, 0.29) is 24.7 Å². The quantitative estimate of drug-likeness (QED) is 0.517. The van der Waals surface area contributed by atoms with Crippen molar-refractivity contribution in [2.45, 2.75) is 71.1 Å². The Kier molecular flexibility index (Phi) is 7.02. The zero-order valence-electron chi connectivity index (χ0n) is 22.5. The fraction of sp³-hybridized carbons (Fsp3) is 0.607. The van der Waals surface area contributed by atoms with E-state index in [1.807, 2.05) is 44.2 Å². The SMILES string of the molecule is C[C@H]1CN(c2cccc(NC(=O)c3ccc(NC(C)(C)CO)nc3N3CCC4(CC3)CC4)n2)[C@@H](C)CO1. The van der Waals surface area contributed by atoms with Crippen molar-refractivity contribution in [1.82, 2.24) is 9.97 Å². The van der Waals surface area contributed by atoms with E-state index in [2.05, 4.69) is 34.3 Å². The second-order valence-electron chi connectivity index (χ2n) is 11.7. The monoisotopic (exact) mass is 508 g/mol. The highest BCUT2D eigenvalue weighted by Gasteiger charge is 2.45. The molecule has 2 aromatic rings. The van der Waals surface area contributed by atoms with Gasteiger partial charge in [-0.3, -0.25) is 4.79 Å². The lowest BCUT2D eigenvalue weighted by Gasteiger charge is -2.37. The van der Waals surface area contributed by atoms with Crippen molar-refractivity contribution in [3.05, 3.63) is 35.9 Å². The Labute approximate surface area is 219 Å². The van der Waals surface area contributed by atoms with E-state index in [4.69, 9.17) is 14.7 Å². The van der Waals surface area contributed by atoms with Crippen molar-refractivity contribution in [3.8, 4) is 0 Å². The molecule has 37 heavy (non-hydrogen) atoms. The number of nitrogens with one attached hydrogen (secondary N) is 2. The number of aromatic nitrogens is 2. The van der Waals surface area contributed by atoms with Gasteiger partial charge in [-0.15, -0.1) is 0 Å². The van der Waals surface area contributed by atoms with Crippen LogP contribution >= 0.6 is 0 Å². The first kappa shape index (κ1) is 25.7. The minimum Gasteiger partial charge on any atom is -0.394 e. The first-order valence-electron chi connectivity index (χ1n) is 13.5.